The first-order valence-corrected chi connectivity index (χ1v) is 9.06. The standard InChI is InChI=1S/C22H15N5O2/c28-22(29)17-6-2-1-5-16(17)19-9-10-20-21(24-19)27(26-25-20)13-14-7-8-18-15(12-14)4-3-11-23-18/h1-12H,13H2,(H,28,29). The van der Waals surface area contributed by atoms with Gasteiger partial charge in [0.05, 0.1) is 23.3 Å². The topological polar surface area (TPSA) is 93.8 Å². The highest BCUT2D eigenvalue weighted by atomic mass is 16.4. The highest BCUT2D eigenvalue weighted by Crippen LogP contribution is 2.24. The van der Waals surface area contributed by atoms with Crippen molar-refractivity contribution in [3.63, 3.8) is 0 Å². The van der Waals surface area contributed by atoms with Gasteiger partial charge in [-0.15, -0.1) is 5.10 Å². The van der Waals surface area contributed by atoms with Crippen LogP contribution in [0.4, 0.5) is 0 Å². The van der Waals surface area contributed by atoms with E-state index in [1.165, 1.54) is 0 Å². The van der Waals surface area contributed by atoms with Crippen molar-refractivity contribution < 1.29 is 9.90 Å². The second-order valence-corrected chi connectivity index (χ2v) is 6.67. The van der Waals surface area contributed by atoms with Gasteiger partial charge in [0, 0.05) is 17.1 Å². The summed E-state index contributed by atoms with van der Waals surface area (Å²) >= 11 is 0. The number of carboxylic acid groups (broad SMARTS) is 1. The molecular weight excluding hydrogens is 366 g/mol. The summed E-state index contributed by atoms with van der Waals surface area (Å²) in [6, 6.07) is 20.4. The van der Waals surface area contributed by atoms with Crippen molar-refractivity contribution in [2.45, 2.75) is 6.54 Å². The minimum atomic E-state index is -0.987. The van der Waals surface area contributed by atoms with Gasteiger partial charge in [0.1, 0.15) is 5.52 Å². The monoisotopic (exact) mass is 381 g/mol. The van der Waals surface area contributed by atoms with Crippen LogP contribution < -0.4 is 0 Å². The Morgan fingerprint density at radius 2 is 1.83 bits per heavy atom. The number of hydrogen-bond acceptors (Lipinski definition) is 5. The number of pyridine rings is 2. The van der Waals surface area contributed by atoms with Crippen LogP contribution >= 0.6 is 0 Å². The summed E-state index contributed by atoms with van der Waals surface area (Å²) in [5.74, 6) is -0.987. The Balaban J connectivity index is 1.57. The third-order valence-corrected chi connectivity index (χ3v) is 4.79. The summed E-state index contributed by atoms with van der Waals surface area (Å²) in [7, 11) is 0. The molecule has 140 valence electrons. The predicted molar refractivity (Wildman–Crippen MR) is 109 cm³/mol. The molecule has 3 aromatic heterocycles. The molecule has 0 fully saturated rings. The molecule has 3 heterocycles. The SMILES string of the molecule is O=C(O)c1ccccc1-c1ccc2nnn(Cc3ccc4ncccc4c3)c2n1. The first-order chi connectivity index (χ1) is 14.2. The van der Waals surface area contributed by atoms with Crippen LogP contribution in [-0.2, 0) is 6.54 Å². The van der Waals surface area contributed by atoms with Gasteiger partial charge in [0.15, 0.2) is 5.65 Å². The van der Waals surface area contributed by atoms with Crippen molar-refractivity contribution >= 4 is 28.0 Å². The fourth-order valence-electron chi connectivity index (χ4n) is 3.40. The Hall–Kier alpha value is -4.13. The molecule has 1 N–H and O–H groups in total. The van der Waals surface area contributed by atoms with Gasteiger partial charge in [-0.1, -0.05) is 35.5 Å². The van der Waals surface area contributed by atoms with E-state index in [1.54, 1.807) is 41.2 Å². The number of hydrogen-bond donors (Lipinski definition) is 1. The zero-order chi connectivity index (χ0) is 19.8. The average Bonchev–Trinajstić information content (AvgIpc) is 3.15. The lowest BCUT2D eigenvalue weighted by molar-refractivity contribution is 0.0697. The number of nitrogens with zero attached hydrogens (tertiary/aromatic N) is 5. The van der Waals surface area contributed by atoms with Crippen molar-refractivity contribution in [3.8, 4) is 11.3 Å². The van der Waals surface area contributed by atoms with E-state index in [0.29, 0.717) is 29.0 Å². The number of fused-ring (bicyclic) bond motifs is 2. The van der Waals surface area contributed by atoms with Gasteiger partial charge in [-0.2, -0.15) is 0 Å². The molecule has 0 radical (unpaired) electrons. The van der Waals surface area contributed by atoms with E-state index in [2.05, 4.69) is 26.3 Å². The molecule has 0 amide bonds. The minimum Gasteiger partial charge on any atom is -0.478 e. The van der Waals surface area contributed by atoms with Crippen LogP contribution in [0, 0.1) is 0 Å². The van der Waals surface area contributed by atoms with Crippen LogP contribution in [0.25, 0.3) is 33.3 Å². The molecule has 5 aromatic rings. The molecule has 0 aliphatic heterocycles. The number of aromatic carboxylic acids is 1. The first-order valence-electron chi connectivity index (χ1n) is 9.06. The molecule has 7 heteroatoms. The van der Waals surface area contributed by atoms with Crippen LogP contribution in [-0.4, -0.2) is 36.0 Å². The van der Waals surface area contributed by atoms with Crippen molar-refractivity contribution in [2.24, 2.45) is 0 Å². The van der Waals surface area contributed by atoms with E-state index in [9.17, 15) is 9.90 Å². The van der Waals surface area contributed by atoms with Gasteiger partial charge >= 0.3 is 5.97 Å². The highest BCUT2D eigenvalue weighted by Gasteiger charge is 2.14. The smallest absolute Gasteiger partial charge is 0.336 e. The Morgan fingerprint density at radius 3 is 2.72 bits per heavy atom. The van der Waals surface area contributed by atoms with E-state index in [4.69, 9.17) is 0 Å². The summed E-state index contributed by atoms with van der Waals surface area (Å²) in [4.78, 5) is 20.6. The van der Waals surface area contributed by atoms with Crippen molar-refractivity contribution in [2.75, 3.05) is 0 Å². The third-order valence-electron chi connectivity index (χ3n) is 4.79. The third kappa shape index (κ3) is 3.08. The summed E-state index contributed by atoms with van der Waals surface area (Å²) in [5.41, 5.74) is 4.59. The quantitative estimate of drug-likeness (QED) is 0.509. The molecule has 0 unspecified atom stereocenters. The summed E-state index contributed by atoms with van der Waals surface area (Å²) < 4.78 is 1.72. The molecule has 2 aromatic carbocycles. The van der Waals surface area contributed by atoms with Gasteiger partial charge in [-0.05, 0) is 42.0 Å². The van der Waals surface area contributed by atoms with Crippen LogP contribution in [0.3, 0.4) is 0 Å². The van der Waals surface area contributed by atoms with E-state index in [-0.39, 0.29) is 5.56 Å². The Kier molecular flexibility index (Phi) is 3.98. The zero-order valence-electron chi connectivity index (χ0n) is 15.2. The normalized spacial score (nSPS) is 11.2. The summed E-state index contributed by atoms with van der Waals surface area (Å²) in [6.07, 6.45) is 1.77. The molecule has 0 aliphatic rings. The lowest BCUT2D eigenvalue weighted by atomic mass is 10.0. The Bertz CT molecular complexity index is 1380. The Labute approximate surface area is 165 Å². The van der Waals surface area contributed by atoms with Crippen molar-refractivity contribution in [3.05, 3.63) is 84.1 Å². The van der Waals surface area contributed by atoms with E-state index >= 15 is 0 Å². The molecule has 0 saturated heterocycles. The molecule has 0 atom stereocenters. The maximum Gasteiger partial charge on any atom is 0.336 e. The predicted octanol–water partition coefficient (Wildman–Crippen LogP) is 3.79. The highest BCUT2D eigenvalue weighted by molar-refractivity contribution is 5.95. The van der Waals surface area contributed by atoms with Crippen molar-refractivity contribution in [1.82, 2.24) is 25.0 Å². The molecule has 0 spiro atoms. The maximum atomic E-state index is 11.6. The van der Waals surface area contributed by atoms with Crippen LogP contribution in [0.1, 0.15) is 15.9 Å². The lowest BCUT2D eigenvalue weighted by Crippen LogP contribution is -2.04. The molecule has 7 nitrogen and oxygen atoms in total. The van der Waals surface area contributed by atoms with Gasteiger partial charge in [0.2, 0.25) is 0 Å². The number of rotatable bonds is 4. The molecule has 29 heavy (non-hydrogen) atoms. The van der Waals surface area contributed by atoms with Crippen LogP contribution in [0.5, 0.6) is 0 Å². The van der Waals surface area contributed by atoms with E-state index in [1.807, 2.05) is 30.3 Å². The summed E-state index contributed by atoms with van der Waals surface area (Å²) in [5, 5.41) is 19.0. The van der Waals surface area contributed by atoms with Crippen LogP contribution in [0.2, 0.25) is 0 Å². The van der Waals surface area contributed by atoms with Crippen LogP contribution in [0.15, 0.2) is 72.9 Å². The van der Waals surface area contributed by atoms with E-state index < -0.39 is 5.97 Å². The largest absolute Gasteiger partial charge is 0.478 e. The summed E-state index contributed by atoms with van der Waals surface area (Å²) in [6.45, 7) is 0.498. The van der Waals surface area contributed by atoms with Gasteiger partial charge in [-0.25, -0.2) is 14.5 Å². The second-order valence-electron chi connectivity index (χ2n) is 6.67. The maximum absolute atomic E-state index is 11.6. The number of carboxylic acids is 1. The second kappa shape index (κ2) is 6.79. The van der Waals surface area contributed by atoms with Gasteiger partial charge in [0.25, 0.3) is 0 Å². The molecular formula is C22H15N5O2. The molecule has 5 rings (SSSR count). The van der Waals surface area contributed by atoms with Gasteiger partial charge in [-0.3, -0.25) is 4.98 Å². The lowest BCUT2D eigenvalue weighted by Gasteiger charge is -2.07. The fourth-order valence-corrected chi connectivity index (χ4v) is 3.40. The molecule has 0 bridgehead atoms. The Morgan fingerprint density at radius 1 is 0.966 bits per heavy atom. The number of carbonyl (C=O) groups is 1. The molecule has 0 aliphatic carbocycles. The van der Waals surface area contributed by atoms with Crippen molar-refractivity contribution in [1.29, 1.82) is 0 Å². The fraction of sp³-hybridized carbons (Fsp3) is 0.0455. The van der Waals surface area contributed by atoms with E-state index in [0.717, 1.165) is 16.5 Å². The average molecular weight is 381 g/mol. The minimum absolute atomic E-state index is 0.209. The molecule has 0 saturated carbocycles. The number of benzene rings is 2. The number of aromatic nitrogens is 5. The van der Waals surface area contributed by atoms with Gasteiger partial charge < -0.3 is 5.11 Å². The first kappa shape index (κ1) is 17.0. The zero-order valence-corrected chi connectivity index (χ0v) is 15.2.